The van der Waals surface area contributed by atoms with Crippen LogP contribution in [0, 0.1) is 0 Å². The number of aliphatic hydroxyl groups excluding tert-OH is 1. The number of methoxy groups -OCH3 is 1. The van der Waals surface area contributed by atoms with Gasteiger partial charge >= 0.3 is 0 Å². The number of nitrogens with zero attached hydrogens (tertiary/aromatic N) is 2. The van der Waals surface area contributed by atoms with E-state index in [1.807, 2.05) is 0 Å². The zero-order chi connectivity index (χ0) is 23.0. The third kappa shape index (κ3) is 3.72. The fourth-order valence-electron chi connectivity index (χ4n) is 3.59. The van der Waals surface area contributed by atoms with Crippen molar-refractivity contribution in [2.75, 3.05) is 12.0 Å². The van der Waals surface area contributed by atoms with E-state index < -0.39 is 17.7 Å². The maximum Gasteiger partial charge on any atom is 0.300 e. The van der Waals surface area contributed by atoms with Crippen molar-refractivity contribution in [3.05, 3.63) is 87.1 Å². The maximum atomic E-state index is 13.1. The number of rotatable bonds is 4. The molecule has 0 bridgehead atoms. The number of aromatic nitrogens is 1. The number of phenols is 1. The molecule has 32 heavy (non-hydrogen) atoms. The summed E-state index contributed by atoms with van der Waals surface area (Å²) in [6.45, 7) is 0. The minimum atomic E-state index is -1.03. The fraction of sp³-hybridized carbons (Fsp3) is 0.0870. The molecule has 9 heteroatoms. The number of amides is 1. The number of ketones is 1. The predicted octanol–water partition coefficient (Wildman–Crippen LogP) is 4.84. The van der Waals surface area contributed by atoms with Crippen LogP contribution in [0.15, 0.2) is 71.0 Å². The number of halogens is 2. The van der Waals surface area contributed by atoms with Crippen molar-refractivity contribution in [3.63, 3.8) is 0 Å². The minimum Gasteiger partial charge on any atom is -0.507 e. The van der Waals surface area contributed by atoms with Gasteiger partial charge in [-0.25, -0.2) is 0 Å². The highest BCUT2D eigenvalue weighted by molar-refractivity contribution is 9.10. The van der Waals surface area contributed by atoms with E-state index >= 15 is 0 Å². The first kappa shape index (κ1) is 21.9. The standard InChI is InChI=1S/C23H16BrClN2O5/c1-32-18-7-4-12(9-15(18)24)21(29)19-20(13-3-2-8-26-11-13)27(23(31)22(19)30)16-10-14(25)5-6-17(16)28/h2-11,20,28-29H,1H3/b21-19+. The summed E-state index contributed by atoms with van der Waals surface area (Å²) < 4.78 is 5.77. The van der Waals surface area contributed by atoms with E-state index in [1.54, 1.807) is 36.5 Å². The monoisotopic (exact) mass is 514 g/mol. The molecule has 1 aliphatic heterocycles. The lowest BCUT2D eigenvalue weighted by Gasteiger charge is -2.26. The zero-order valence-corrected chi connectivity index (χ0v) is 19.0. The second kappa shape index (κ2) is 8.64. The minimum absolute atomic E-state index is 0.0448. The van der Waals surface area contributed by atoms with Gasteiger partial charge in [0, 0.05) is 23.0 Å². The highest BCUT2D eigenvalue weighted by Crippen LogP contribution is 2.45. The second-order valence-electron chi connectivity index (χ2n) is 6.94. The Kier molecular flexibility index (Phi) is 5.90. The molecular formula is C23H16BrClN2O5. The first-order chi connectivity index (χ1) is 15.3. The largest absolute Gasteiger partial charge is 0.507 e. The number of hydrogen-bond donors (Lipinski definition) is 2. The number of benzene rings is 2. The van der Waals surface area contributed by atoms with E-state index in [1.165, 1.54) is 31.5 Å². The molecule has 1 unspecified atom stereocenters. The smallest absolute Gasteiger partial charge is 0.300 e. The number of carbonyl (C=O) groups is 2. The zero-order valence-electron chi connectivity index (χ0n) is 16.6. The molecular weight excluding hydrogens is 500 g/mol. The normalized spacial score (nSPS) is 17.6. The second-order valence-corrected chi connectivity index (χ2v) is 8.23. The maximum absolute atomic E-state index is 13.1. The number of ether oxygens (including phenoxy) is 1. The Labute approximate surface area is 196 Å². The van der Waals surface area contributed by atoms with E-state index in [0.717, 1.165) is 4.90 Å². The first-order valence-corrected chi connectivity index (χ1v) is 10.5. The van der Waals surface area contributed by atoms with Gasteiger partial charge in [0.05, 0.1) is 28.9 Å². The van der Waals surface area contributed by atoms with Crippen LogP contribution in [0.5, 0.6) is 11.5 Å². The molecule has 1 aliphatic rings. The fourth-order valence-corrected chi connectivity index (χ4v) is 4.30. The molecule has 2 aromatic carbocycles. The van der Waals surface area contributed by atoms with Crippen LogP contribution in [0.1, 0.15) is 17.2 Å². The molecule has 1 saturated heterocycles. The molecule has 4 rings (SSSR count). The Bertz CT molecular complexity index is 1260. The Morgan fingerprint density at radius 3 is 2.62 bits per heavy atom. The van der Waals surface area contributed by atoms with Gasteiger partial charge in [-0.1, -0.05) is 17.7 Å². The molecule has 1 fully saturated rings. The summed E-state index contributed by atoms with van der Waals surface area (Å²) >= 11 is 9.45. The number of pyridine rings is 1. The molecule has 3 aromatic rings. The highest BCUT2D eigenvalue weighted by Gasteiger charge is 2.47. The third-order valence-corrected chi connectivity index (χ3v) is 5.92. The Balaban J connectivity index is 1.96. The number of anilines is 1. The van der Waals surface area contributed by atoms with E-state index in [0.29, 0.717) is 21.3 Å². The van der Waals surface area contributed by atoms with Crippen LogP contribution in [-0.2, 0) is 9.59 Å². The predicted molar refractivity (Wildman–Crippen MR) is 123 cm³/mol. The molecule has 0 spiro atoms. The number of phenolic OH excluding ortho intramolecular Hbond substituents is 1. The average Bonchev–Trinajstić information content (AvgIpc) is 3.06. The summed E-state index contributed by atoms with van der Waals surface area (Å²) in [6, 6.07) is 11.2. The number of hydrogen-bond acceptors (Lipinski definition) is 6. The van der Waals surface area contributed by atoms with E-state index in [-0.39, 0.29) is 27.8 Å². The summed E-state index contributed by atoms with van der Waals surface area (Å²) in [5, 5.41) is 21.8. The van der Waals surface area contributed by atoms with Crippen molar-refractivity contribution in [3.8, 4) is 11.5 Å². The number of aliphatic hydroxyl groups is 1. The Morgan fingerprint density at radius 2 is 1.97 bits per heavy atom. The molecule has 0 radical (unpaired) electrons. The topological polar surface area (TPSA) is 100.0 Å². The number of Topliss-reactive ketones (excluding diaryl/α,β-unsaturated/α-hetero) is 1. The summed E-state index contributed by atoms with van der Waals surface area (Å²) in [4.78, 5) is 31.4. The van der Waals surface area contributed by atoms with Gasteiger partial charge in [-0.2, -0.15) is 0 Å². The van der Waals surface area contributed by atoms with Gasteiger partial charge in [-0.15, -0.1) is 0 Å². The lowest BCUT2D eigenvalue weighted by Crippen LogP contribution is -2.29. The summed E-state index contributed by atoms with van der Waals surface area (Å²) in [7, 11) is 1.50. The van der Waals surface area contributed by atoms with E-state index in [4.69, 9.17) is 16.3 Å². The molecule has 0 aliphatic carbocycles. The van der Waals surface area contributed by atoms with Crippen LogP contribution in [0.4, 0.5) is 5.69 Å². The van der Waals surface area contributed by atoms with Gasteiger partial charge in [0.2, 0.25) is 0 Å². The summed E-state index contributed by atoms with van der Waals surface area (Å²) in [5.74, 6) is -1.88. The van der Waals surface area contributed by atoms with E-state index in [2.05, 4.69) is 20.9 Å². The molecule has 0 saturated carbocycles. The molecule has 1 amide bonds. The average molecular weight is 516 g/mol. The molecule has 1 atom stereocenters. The molecule has 2 heterocycles. The Morgan fingerprint density at radius 1 is 1.19 bits per heavy atom. The quantitative estimate of drug-likeness (QED) is 0.293. The van der Waals surface area contributed by atoms with Crippen LogP contribution in [0.25, 0.3) is 5.76 Å². The summed E-state index contributed by atoms with van der Waals surface area (Å²) in [6.07, 6.45) is 3.04. The molecule has 1 aromatic heterocycles. The van der Waals surface area contributed by atoms with E-state index in [9.17, 15) is 19.8 Å². The molecule has 162 valence electrons. The van der Waals surface area contributed by atoms with Crippen LogP contribution >= 0.6 is 27.5 Å². The van der Waals surface area contributed by atoms with Crippen molar-refractivity contribution in [1.82, 2.24) is 4.98 Å². The summed E-state index contributed by atoms with van der Waals surface area (Å²) in [5.41, 5.74) is 0.683. The lowest BCUT2D eigenvalue weighted by atomic mass is 9.96. The van der Waals surface area contributed by atoms with Crippen LogP contribution in [0.3, 0.4) is 0 Å². The van der Waals surface area contributed by atoms with Crippen LogP contribution < -0.4 is 9.64 Å². The van der Waals surface area contributed by atoms with Gasteiger partial charge in [0.15, 0.2) is 0 Å². The van der Waals surface area contributed by atoms with Crippen LogP contribution in [-0.4, -0.2) is 34.0 Å². The van der Waals surface area contributed by atoms with Gasteiger partial charge in [0.25, 0.3) is 11.7 Å². The first-order valence-electron chi connectivity index (χ1n) is 9.37. The van der Waals surface area contributed by atoms with Crippen molar-refractivity contribution in [2.24, 2.45) is 0 Å². The molecule has 7 nitrogen and oxygen atoms in total. The van der Waals surface area contributed by atoms with Crippen molar-refractivity contribution in [2.45, 2.75) is 6.04 Å². The number of carbonyl (C=O) groups excluding carboxylic acids is 2. The third-order valence-electron chi connectivity index (χ3n) is 5.07. The van der Waals surface area contributed by atoms with Crippen molar-refractivity contribution in [1.29, 1.82) is 0 Å². The highest BCUT2D eigenvalue weighted by atomic mass is 79.9. The van der Waals surface area contributed by atoms with Gasteiger partial charge in [0.1, 0.15) is 17.3 Å². The van der Waals surface area contributed by atoms with Gasteiger partial charge in [-0.3, -0.25) is 19.5 Å². The van der Waals surface area contributed by atoms with Crippen molar-refractivity contribution >= 4 is 50.7 Å². The Hall–Kier alpha value is -3.36. The lowest BCUT2D eigenvalue weighted by molar-refractivity contribution is -0.132. The SMILES string of the molecule is COc1ccc(/C(O)=C2\C(=O)C(=O)N(c3cc(Cl)ccc3O)C2c2cccnc2)cc1Br. The van der Waals surface area contributed by atoms with Gasteiger partial charge in [-0.05, 0) is 64.0 Å². The number of aromatic hydroxyl groups is 1. The van der Waals surface area contributed by atoms with Gasteiger partial charge < -0.3 is 14.9 Å². The molecule has 2 N–H and O–H groups in total. The van der Waals surface area contributed by atoms with Crippen LogP contribution in [0.2, 0.25) is 5.02 Å². The van der Waals surface area contributed by atoms with Crippen molar-refractivity contribution < 1.29 is 24.5 Å².